The zero-order valence-electron chi connectivity index (χ0n) is 11.0. The number of likely N-dealkylation sites (tertiary alicyclic amines) is 1. The molecule has 1 aromatic rings. The maximum absolute atomic E-state index is 3.54. The van der Waals surface area contributed by atoms with Crippen LogP contribution in [-0.4, -0.2) is 30.6 Å². The molecule has 1 fully saturated rings. The van der Waals surface area contributed by atoms with E-state index in [-0.39, 0.29) is 0 Å². The fourth-order valence-corrected chi connectivity index (χ4v) is 3.31. The molecule has 0 aliphatic carbocycles. The van der Waals surface area contributed by atoms with Crippen LogP contribution in [0, 0.1) is 5.92 Å². The van der Waals surface area contributed by atoms with Crippen molar-refractivity contribution in [2.24, 2.45) is 5.92 Å². The SMILES string of the molecule is CC1CCN(CCNCc2cccs2)C(C)C1. The molecule has 2 atom stereocenters. The standard InChI is InChI=1S/C14H24N2S/c1-12-5-7-16(13(2)10-12)8-6-15-11-14-4-3-9-17-14/h3-4,9,12-13,15H,5-8,10-11H2,1-2H3. The Balaban J connectivity index is 1.61. The van der Waals surface area contributed by atoms with Gasteiger partial charge in [-0.1, -0.05) is 13.0 Å². The number of hydrogen-bond acceptors (Lipinski definition) is 3. The van der Waals surface area contributed by atoms with Crippen molar-refractivity contribution in [1.29, 1.82) is 0 Å². The molecule has 0 spiro atoms. The van der Waals surface area contributed by atoms with E-state index in [0.29, 0.717) is 0 Å². The van der Waals surface area contributed by atoms with Crippen molar-refractivity contribution in [3.8, 4) is 0 Å². The summed E-state index contributed by atoms with van der Waals surface area (Å²) in [5, 5.41) is 5.68. The van der Waals surface area contributed by atoms with Gasteiger partial charge in [-0.3, -0.25) is 4.90 Å². The molecule has 3 heteroatoms. The summed E-state index contributed by atoms with van der Waals surface area (Å²) < 4.78 is 0. The molecule has 0 radical (unpaired) electrons. The average molecular weight is 252 g/mol. The maximum atomic E-state index is 3.54. The molecule has 1 aromatic heterocycles. The molecule has 1 aliphatic rings. The largest absolute Gasteiger partial charge is 0.311 e. The number of rotatable bonds is 5. The van der Waals surface area contributed by atoms with Crippen molar-refractivity contribution in [2.45, 2.75) is 39.3 Å². The molecule has 2 nitrogen and oxygen atoms in total. The first kappa shape index (κ1) is 13.1. The lowest BCUT2D eigenvalue weighted by atomic mass is 9.93. The van der Waals surface area contributed by atoms with Gasteiger partial charge in [0.15, 0.2) is 0 Å². The Morgan fingerprint density at radius 3 is 3.06 bits per heavy atom. The molecule has 1 N–H and O–H groups in total. The monoisotopic (exact) mass is 252 g/mol. The van der Waals surface area contributed by atoms with Crippen LogP contribution in [0.15, 0.2) is 17.5 Å². The predicted molar refractivity (Wildman–Crippen MR) is 75.5 cm³/mol. The lowest BCUT2D eigenvalue weighted by Gasteiger charge is -2.36. The van der Waals surface area contributed by atoms with Crippen molar-refractivity contribution in [3.63, 3.8) is 0 Å². The van der Waals surface area contributed by atoms with Crippen molar-refractivity contribution >= 4 is 11.3 Å². The first-order chi connectivity index (χ1) is 8.25. The summed E-state index contributed by atoms with van der Waals surface area (Å²) in [6.07, 6.45) is 2.74. The van der Waals surface area contributed by atoms with Gasteiger partial charge in [0.25, 0.3) is 0 Å². The maximum Gasteiger partial charge on any atom is 0.0300 e. The lowest BCUT2D eigenvalue weighted by molar-refractivity contribution is 0.130. The van der Waals surface area contributed by atoms with Gasteiger partial charge in [0.1, 0.15) is 0 Å². The smallest absolute Gasteiger partial charge is 0.0300 e. The summed E-state index contributed by atoms with van der Waals surface area (Å²) in [5.41, 5.74) is 0. The Kier molecular flexibility index (Phi) is 5.01. The molecule has 2 rings (SSSR count). The molecular formula is C14H24N2S. The molecule has 0 bridgehead atoms. The molecule has 1 saturated heterocycles. The third-order valence-corrected chi connectivity index (χ3v) is 4.61. The minimum atomic E-state index is 0.766. The summed E-state index contributed by atoms with van der Waals surface area (Å²) in [5.74, 6) is 0.917. The summed E-state index contributed by atoms with van der Waals surface area (Å²) in [7, 11) is 0. The molecule has 0 amide bonds. The van der Waals surface area contributed by atoms with Crippen LogP contribution in [-0.2, 0) is 6.54 Å². The molecule has 17 heavy (non-hydrogen) atoms. The third kappa shape index (κ3) is 4.09. The molecule has 1 aliphatic heterocycles. The van der Waals surface area contributed by atoms with Crippen LogP contribution in [0.1, 0.15) is 31.6 Å². The second-order valence-electron chi connectivity index (χ2n) is 5.27. The Morgan fingerprint density at radius 2 is 2.35 bits per heavy atom. The second-order valence-corrected chi connectivity index (χ2v) is 6.30. The number of piperidine rings is 1. The van der Waals surface area contributed by atoms with Crippen molar-refractivity contribution in [3.05, 3.63) is 22.4 Å². The fourth-order valence-electron chi connectivity index (χ4n) is 2.64. The zero-order chi connectivity index (χ0) is 12.1. The van der Waals surface area contributed by atoms with Crippen LogP contribution in [0.5, 0.6) is 0 Å². The molecule has 0 aromatic carbocycles. The molecule has 96 valence electrons. The molecular weight excluding hydrogens is 228 g/mol. The van der Waals surface area contributed by atoms with E-state index in [1.54, 1.807) is 0 Å². The Bertz CT molecular complexity index is 310. The average Bonchev–Trinajstić information content (AvgIpc) is 2.79. The van der Waals surface area contributed by atoms with Gasteiger partial charge in [-0.25, -0.2) is 0 Å². The van der Waals surface area contributed by atoms with Crippen LogP contribution in [0.25, 0.3) is 0 Å². The van der Waals surface area contributed by atoms with Gasteiger partial charge in [0.2, 0.25) is 0 Å². The van der Waals surface area contributed by atoms with Crippen LogP contribution < -0.4 is 5.32 Å². The highest BCUT2D eigenvalue weighted by molar-refractivity contribution is 7.09. The van der Waals surface area contributed by atoms with Gasteiger partial charge >= 0.3 is 0 Å². The summed E-state index contributed by atoms with van der Waals surface area (Å²) in [6.45, 7) is 9.35. The molecule has 0 saturated carbocycles. The van der Waals surface area contributed by atoms with Gasteiger partial charge in [0, 0.05) is 30.6 Å². The van der Waals surface area contributed by atoms with E-state index in [4.69, 9.17) is 0 Å². The van der Waals surface area contributed by atoms with E-state index < -0.39 is 0 Å². The van der Waals surface area contributed by atoms with Gasteiger partial charge in [0.05, 0.1) is 0 Å². The van der Waals surface area contributed by atoms with Crippen molar-refractivity contribution < 1.29 is 0 Å². The fraction of sp³-hybridized carbons (Fsp3) is 0.714. The molecule has 2 unspecified atom stereocenters. The number of nitrogens with one attached hydrogen (secondary N) is 1. The predicted octanol–water partition coefficient (Wildman–Crippen LogP) is 2.96. The van der Waals surface area contributed by atoms with E-state index in [1.807, 2.05) is 11.3 Å². The Morgan fingerprint density at radius 1 is 1.47 bits per heavy atom. The zero-order valence-corrected chi connectivity index (χ0v) is 11.8. The summed E-state index contributed by atoms with van der Waals surface area (Å²) in [4.78, 5) is 4.06. The van der Waals surface area contributed by atoms with E-state index >= 15 is 0 Å². The minimum absolute atomic E-state index is 0.766. The normalized spacial score (nSPS) is 26.2. The number of hydrogen-bond donors (Lipinski definition) is 1. The number of thiophene rings is 1. The summed E-state index contributed by atoms with van der Waals surface area (Å²) >= 11 is 1.83. The summed E-state index contributed by atoms with van der Waals surface area (Å²) in [6, 6.07) is 5.08. The van der Waals surface area contributed by atoms with Gasteiger partial charge in [-0.05, 0) is 43.7 Å². The first-order valence-corrected chi connectivity index (χ1v) is 7.61. The first-order valence-electron chi connectivity index (χ1n) is 6.73. The highest BCUT2D eigenvalue weighted by atomic mass is 32.1. The van der Waals surface area contributed by atoms with Gasteiger partial charge < -0.3 is 5.32 Å². The van der Waals surface area contributed by atoms with Crippen LogP contribution in [0.2, 0.25) is 0 Å². The van der Waals surface area contributed by atoms with Gasteiger partial charge in [-0.15, -0.1) is 11.3 Å². The highest BCUT2D eigenvalue weighted by Crippen LogP contribution is 2.21. The van der Waals surface area contributed by atoms with E-state index in [2.05, 4.69) is 41.6 Å². The molecule has 2 heterocycles. The topological polar surface area (TPSA) is 15.3 Å². The van der Waals surface area contributed by atoms with Gasteiger partial charge in [-0.2, -0.15) is 0 Å². The van der Waals surface area contributed by atoms with E-state index in [1.165, 1.54) is 30.8 Å². The van der Waals surface area contributed by atoms with Crippen LogP contribution in [0.3, 0.4) is 0 Å². The third-order valence-electron chi connectivity index (χ3n) is 3.73. The Hall–Kier alpha value is -0.380. The lowest BCUT2D eigenvalue weighted by Crippen LogP contribution is -2.43. The van der Waals surface area contributed by atoms with E-state index in [9.17, 15) is 0 Å². The van der Waals surface area contributed by atoms with Crippen molar-refractivity contribution in [2.75, 3.05) is 19.6 Å². The van der Waals surface area contributed by atoms with Crippen molar-refractivity contribution in [1.82, 2.24) is 10.2 Å². The van der Waals surface area contributed by atoms with Crippen LogP contribution in [0.4, 0.5) is 0 Å². The highest BCUT2D eigenvalue weighted by Gasteiger charge is 2.21. The second kappa shape index (κ2) is 6.53. The number of nitrogens with zero attached hydrogens (tertiary/aromatic N) is 1. The van der Waals surface area contributed by atoms with E-state index in [0.717, 1.165) is 25.0 Å². The Labute approximate surface area is 109 Å². The van der Waals surface area contributed by atoms with Crippen LogP contribution >= 0.6 is 11.3 Å². The minimum Gasteiger partial charge on any atom is -0.311 e. The quantitative estimate of drug-likeness (QED) is 0.811.